The fourth-order valence-electron chi connectivity index (χ4n) is 1.43. The van der Waals surface area contributed by atoms with Crippen LogP contribution < -0.4 is 4.74 Å². The van der Waals surface area contributed by atoms with Crippen LogP contribution in [0.3, 0.4) is 0 Å². The van der Waals surface area contributed by atoms with Gasteiger partial charge in [-0.2, -0.15) is 0 Å². The molecular formula is C11H12O2. The third-order valence-corrected chi connectivity index (χ3v) is 1.93. The van der Waals surface area contributed by atoms with E-state index >= 15 is 0 Å². The van der Waals surface area contributed by atoms with Gasteiger partial charge in [0.05, 0.1) is 6.61 Å². The molecule has 1 aromatic carbocycles. The average molecular weight is 176 g/mol. The van der Waals surface area contributed by atoms with Crippen LogP contribution in [0.4, 0.5) is 0 Å². The van der Waals surface area contributed by atoms with E-state index in [4.69, 9.17) is 9.15 Å². The second kappa shape index (κ2) is 3.13. The van der Waals surface area contributed by atoms with Crippen LogP contribution in [0, 0.1) is 6.92 Å². The standard InChI is InChI=1S/C11H12O2/c1-3-12-10-6-4-5-9-7-8(2)13-11(9)10/h4-7H,3H2,1-2H3. The first kappa shape index (κ1) is 8.17. The molecule has 0 atom stereocenters. The summed E-state index contributed by atoms with van der Waals surface area (Å²) in [6.07, 6.45) is 0. The Morgan fingerprint density at radius 2 is 2.23 bits per heavy atom. The topological polar surface area (TPSA) is 22.4 Å². The molecule has 0 unspecified atom stereocenters. The minimum Gasteiger partial charge on any atom is -0.490 e. The summed E-state index contributed by atoms with van der Waals surface area (Å²) in [5.74, 6) is 1.75. The molecule has 0 fully saturated rings. The van der Waals surface area contributed by atoms with Crippen molar-refractivity contribution in [3.8, 4) is 5.75 Å². The maximum absolute atomic E-state index is 5.53. The first-order valence-corrected chi connectivity index (χ1v) is 4.43. The molecule has 0 aliphatic heterocycles. The van der Waals surface area contributed by atoms with Gasteiger partial charge in [0.1, 0.15) is 5.76 Å². The summed E-state index contributed by atoms with van der Waals surface area (Å²) in [7, 11) is 0. The second-order valence-corrected chi connectivity index (χ2v) is 2.96. The van der Waals surface area contributed by atoms with Crippen molar-refractivity contribution in [3.05, 3.63) is 30.0 Å². The Bertz CT molecular complexity index is 415. The summed E-state index contributed by atoms with van der Waals surface area (Å²) < 4.78 is 11.0. The lowest BCUT2D eigenvalue weighted by atomic mass is 10.2. The molecule has 2 nitrogen and oxygen atoms in total. The minimum absolute atomic E-state index is 0.666. The van der Waals surface area contributed by atoms with Crippen LogP contribution in [0.15, 0.2) is 28.7 Å². The van der Waals surface area contributed by atoms with Gasteiger partial charge in [0.25, 0.3) is 0 Å². The van der Waals surface area contributed by atoms with E-state index in [1.165, 1.54) is 0 Å². The van der Waals surface area contributed by atoms with Gasteiger partial charge in [0, 0.05) is 5.39 Å². The van der Waals surface area contributed by atoms with Crippen LogP contribution in [0.25, 0.3) is 11.0 Å². The molecule has 0 saturated heterocycles. The number of aryl methyl sites for hydroxylation is 1. The Labute approximate surface area is 77.1 Å². The van der Waals surface area contributed by atoms with Crippen molar-refractivity contribution < 1.29 is 9.15 Å². The van der Waals surface area contributed by atoms with Gasteiger partial charge in [-0.05, 0) is 26.0 Å². The Morgan fingerprint density at radius 3 is 3.00 bits per heavy atom. The minimum atomic E-state index is 0.666. The molecule has 1 aromatic heterocycles. The molecule has 0 radical (unpaired) electrons. The van der Waals surface area contributed by atoms with E-state index in [2.05, 4.69) is 0 Å². The summed E-state index contributed by atoms with van der Waals surface area (Å²) >= 11 is 0. The predicted octanol–water partition coefficient (Wildman–Crippen LogP) is 3.14. The molecule has 0 aliphatic carbocycles. The first-order chi connectivity index (χ1) is 6.31. The summed E-state index contributed by atoms with van der Waals surface area (Å²) in [6, 6.07) is 7.93. The quantitative estimate of drug-likeness (QED) is 0.701. The number of hydrogen-bond acceptors (Lipinski definition) is 2. The van der Waals surface area contributed by atoms with Crippen molar-refractivity contribution in [2.75, 3.05) is 6.61 Å². The average Bonchev–Trinajstić information content (AvgIpc) is 2.47. The number of hydrogen-bond donors (Lipinski definition) is 0. The number of furan rings is 1. The number of para-hydroxylation sites is 1. The molecule has 68 valence electrons. The molecule has 2 aromatic rings. The van der Waals surface area contributed by atoms with Crippen molar-refractivity contribution in [2.45, 2.75) is 13.8 Å². The second-order valence-electron chi connectivity index (χ2n) is 2.96. The zero-order chi connectivity index (χ0) is 9.26. The van der Waals surface area contributed by atoms with Gasteiger partial charge in [-0.1, -0.05) is 12.1 Å². The van der Waals surface area contributed by atoms with Crippen LogP contribution in [0.1, 0.15) is 12.7 Å². The number of rotatable bonds is 2. The van der Waals surface area contributed by atoms with Gasteiger partial charge < -0.3 is 9.15 Å². The van der Waals surface area contributed by atoms with Crippen molar-refractivity contribution in [1.82, 2.24) is 0 Å². The maximum Gasteiger partial charge on any atom is 0.176 e. The van der Waals surface area contributed by atoms with Crippen LogP contribution in [0.5, 0.6) is 5.75 Å². The van der Waals surface area contributed by atoms with E-state index in [1.54, 1.807) is 0 Å². The van der Waals surface area contributed by atoms with Crippen LogP contribution in [0.2, 0.25) is 0 Å². The fraction of sp³-hybridized carbons (Fsp3) is 0.273. The molecule has 0 amide bonds. The van der Waals surface area contributed by atoms with Crippen molar-refractivity contribution in [1.29, 1.82) is 0 Å². The lowest BCUT2D eigenvalue weighted by Gasteiger charge is -2.01. The highest BCUT2D eigenvalue weighted by molar-refractivity contribution is 5.83. The van der Waals surface area contributed by atoms with Crippen LogP contribution in [-0.2, 0) is 0 Å². The summed E-state index contributed by atoms with van der Waals surface area (Å²) in [6.45, 7) is 4.57. The number of benzene rings is 1. The molecule has 2 rings (SSSR count). The SMILES string of the molecule is CCOc1cccc2cc(C)oc12. The van der Waals surface area contributed by atoms with E-state index in [0.29, 0.717) is 6.61 Å². The molecule has 1 heterocycles. The van der Waals surface area contributed by atoms with Gasteiger partial charge in [-0.3, -0.25) is 0 Å². The van der Waals surface area contributed by atoms with Crippen LogP contribution in [-0.4, -0.2) is 6.61 Å². The monoisotopic (exact) mass is 176 g/mol. The van der Waals surface area contributed by atoms with E-state index in [1.807, 2.05) is 38.1 Å². The molecule has 0 aliphatic rings. The Hall–Kier alpha value is -1.44. The van der Waals surface area contributed by atoms with Gasteiger partial charge in [0.15, 0.2) is 11.3 Å². The lowest BCUT2D eigenvalue weighted by molar-refractivity contribution is 0.338. The predicted molar refractivity (Wildman–Crippen MR) is 52.1 cm³/mol. The molecule has 2 heteroatoms. The lowest BCUT2D eigenvalue weighted by Crippen LogP contribution is -1.90. The van der Waals surface area contributed by atoms with E-state index in [9.17, 15) is 0 Å². The summed E-state index contributed by atoms with van der Waals surface area (Å²) in [5, 5.41) is 1.10. The first-order valence-electron chi connectivity index (χ1n) is 4.43. The maximum atomic E-state index is 5.53. The molecule has 0 spiro atoms. The smallest absolute Gasteiger partial charge is 0.176 e. The van der Waals surface area contributed by atoms with Crippen molar-refractivity contribution >= 4 is 11.0 Å². The highest BCUT2D eigenvalue weighted by atomic mass is 16.5. The molecule has 0 N–H and O–H groups in total. The highest BCUT2D eigenvalue weighted by Gasteiger charge is 2.05. The Kier molecular flexibility index (Phi) is 1.97. The normalized spacial score (nSPS) is 10.6. The van der Waals surface area contributed by atoms with Crippen molar-refractivity contribution in [3.63, 3.8) is 0 Å². The van der Waals surface area contributed by atoms with Crippen LogP contribution >= 0.6 is 0 Å². The van der Waals surface area contributed by atoms with E-state index in [0.717, 1.165) is 22.5 Å². The number of ether oxygens (including phenoxy) is 1. The summed E-state index contributed by atoms with van der Waals surface area (Å²) in [4.78, 5) is 0. The molecule has 13 heavy (non-hydrogen) atoms. The zero-order valence-corrected chi connectivity index (χ0v) is 7.83. The van der Waals surface area contributed by atoms with E-state index < -0.39 is 0 Å². The zero-order valence-electron chi connectivity index (χ0n) is 7.83. The van der Waals surface area contributed by atoms with Crippen molar-refractivity contribution in [2.24, 2.45) is 0 Å². The largest absolute Gasteiger partial charge is 0.490 e. The van der Waals surface area contributed by atoms with Gasteiger partial charge >= 0.3 is 0 Å². The Morgan fingerprint density at radius 1 is 1.38 bits per heavy atom. The Balaban J connectivity index is 2.60. The third-order valence-electron chi connectivity index (χ3n) is 1.93. The third kappa shape index (κ3) is 1.39. The van der Waals surface area contributed by atoms with Gasteiger partial charge in [-0.15, -0.1) is 0 Å². The fourth-order valence-corrected chi connectivity index (χ4v) is 1.43. The molecule has 0 bridgehead atoms. The number of fused-ring (bicyclic) bond motifs is 1. The van der Waals surface area contributed by atoms with Gasteiger partial charge in [-0.25, -0.2) is 0 Å². The summed E-state index contributed by atoms with van der Waals surface area (Å²) in [5.41, 5.74) is 0.849. The van der Waals surface area contributed by atoms with E-state index in [-0.39, 0.29) is 0 Å². The molecular weight excluding hydrogens is 164 g/mol. The molecule has 0 saturated carbocycles. The highest BCUT2D eigenvalue weighted by Crippen LogP contribution is 2.28. The van der Waals surface area contributed by atoms with Gasteiger partial charge in [0.2, 0.25) is 0 Å².